The third-order valence-electron chi connectivity index (χ3n) is 5.62. The van der Waals surface area contributed by atoms with E-state index in [9.17, 15) is 4.79 Å². The molecule has 1 aliphatic rings. The molecule has 28 heavy (non-hydrogen) atoms. The van der Waals surface area contributed by atoms with E-state index in [0.717, 1.165) is 24.1 Å². The molecule has 0 heterocycles. The van der Waals surface area contributed by atoms with Crippen LogP contribution in [-0.2, 0) is 11.8 Å². The standard InChI is InChI=1S/C24H32N2O2/c1-24(2,3)17-11-13-19(22(14-17)28-6)23(27)25-18-12-10-16-8-7-9-21(26(4)5)20(16)15-18/h10-15,21H,7-9H2,1-6H3,(H,25,27). The molecule has 0 aromatic heterocycles. The summed E-state index contributed by atoms with van der Waals surface area (Å²) in [7, 11) is 5.85. The zero-order chi connectivity index (χ0) is 20.5. The Morgan fingerprint density at radius 3 is 2.54 bits per heavy atom. The number of anilines is 1. The predicted octanol–water partition coefficient (Wildman–Crippen LogP) is 5.18. The second-order valence-corrected chi connectivity index (χ2v) is 8.90. The van der Waals surface area contributed by atoms with Gasteiger partial charge in [0.15, 0.2) is 0 Å². The number of carbonyl (C=O) groups excluding carboxylic acids is 1. The number of hydrogen-bond acceptors (Lipinski definition) is 3. The topological polar surface area (TPSA) is 41.6 Å². The fourth-order valence-corrected chi connectivity index (χ4v) is 3.93. The molecule has 4 nitrogen and oxygen atoms in total. The summed E-state index contributed by atoms with van der Waals surface area (Å²) in [5.74, 6) is 0.462. The fourth-order valence-electron chi connectivity index (χ4n) is 3.93. The van der Waals surface area contributed by atoms with E-state index in [2.05, 4.69) is 57.2 Å². The lowest BCUT2D eigenvalue weighted by molar-refractivity contribution is 0.102. The zero-order valence-electron chi connectivity index (χ0n) is 17.9. The summed E-state index contributed by atoms with van der Waals surface area (Å²) in [5.41, 5.74) is 5.24. The van der Waals surface area contributed by atoms with E-state index < -0.39 is 0 Å². The van der Waals surface area contributed by atoms with Gasteiger partial charge >= 0.3 is 0 Å². The first-order valence-electron chi connectivity index (χ1n) is 10.00. The monoisotopic (exact) mass is 380 g/mol. The average molecular weight is 381 g/mol. The molecular weight excluding hydrogens is 348 g/mol. The molecule has 0 spiro atoms. The summed E-state index contributed by atoms with van der Waals surface area (Å²) < 4.78 is 5.51. The lowest BCUT2D eigenvalue weighted by Crippen LogP contribution is -2.24. The number of amides is 1. The Kier molecular flexibility index (Phi) is 5.80. The van der Waals surface area contributed by atoms with Crippen LogP contribution in [-0.4, -0.2) is 32.0 Å². The first kappa shape index (κ1) is 20.4. The molecule has 1 unspecified atom stereocenters. The number of carbonyl (C=O) groups is 1. The number of rotatable bonds is 4. The van der Waals surface area contributed by atoms with E-state index in [1.54, 1.807) is 7.11 Å². The molecule has 1 amide bonds. The van der Waals surface area contributed by atoms with Crippen LogP contribution in [0.4, 0.5) is 5.69 Å². The number of benzene rings is 2. The van der Waals surface area contributed by atoms with Crippen molar-refractivity contribution in [3.63, 3.8) is 0 Å². The van der Waals surface area contributed by atoms with E-state index in [1.165, 1.54) is 17.5 Å². The molecule has 0 saturated heterocycles. The Morgan fingerprint density at radius 1 is 1.14 bits per heavy atom. The van der Waals surface area contributed by atoms with Gasteiger partial charge in [0, 0.05) is 11.7 Å². The molecule has 1 atom stereocenters. The molecule has 0 aliphatic heterocycles. The molecule has 0 bridgehead atoms. The minimum atomic E-state index is -0.144. The van der Waals surface area contributed by atoms with E-state index in [1.807, 2.05) is 24.3 Å². The SMILES string of the molecule is COc1cc(C(C)(C)C)ccc1C(=O)Nc1ccc2c(c1)C(N(C)C)CCC2. The maximum atomic E-state index is 12.9. The van der Waals surface area contributed by atoms with Gasteiger partial charge in [-0.1, -0.05) is 32.9 Å². The molecule has 0 radical (unpaired) electrons. The highest BCUT2D eigenvalue weighted by molar-refractivity contribution is 6.06. The molecule has 3 rings (SSSR count). The van der Waals surface area contributed by atoms with Gasteiger partial charge in [0.05, 0.1) is 12.7 Å². The molecule has 2 aromatic carbocycles. The average Bonchev–Trinajstić information content (AvgIpc) is 2.66. The second kappa shape index (κ2) is 7.96. The third-order valence-corrected chi connectivity index (χ3v) is 5.62. The van der Waals surface area contributed by atoms with Crippen molar-refractivity contribution in [2.45, 2.75) is 51.5 Å². The van der Waals surface area contributed by atoms with Crippen LogP contribution in [0.1, 0.15) is 66.7 Å². The van der Waals surface area contributed by atoms with E-state index in [-0.39, 0.29) is 11.3 Å². The van der Waals surface area contributed by atoms with Gasteiger partial charge in [0.25, 0.3) is 5.91 Å². The maximum absolute atomic E-state index is 12.9. The smallest absolute Gasteiger partial charge is 0.259 e. The van der Waals surface area contributed by atoms with E-state index in [0.29, 0.717) is 17.4 Å². The van der Waals surface area contributed by atoms with Gasteiger partial charge in [0.2, 0.25) is 0 Å². The van der Waals surface area contributed by atoms with Crippen LogP contribution in [0.25, 0.3) is 0 Å². The Bertz CT molecular complexity index is 865. The lowest BCUT2D eigenvalue weighted by Gasteiger charge is -2.31. The largest absolute Gasteiger partial charge is 0.496 e. The fraction of sp³-hybridized carbons (Fsp3) is 0.458. The van der Waals surface area contributed by atoms with Crippen LogP contribution in [0.5, 0.6) is 5.75 Å². The number of fused-ring (bicyclic) bond motifs is 1. The molecule has 0 saturated carbocycles. The summed E-state index contributed by atoms with van der Waals surface area (Å²) in [5, 5.41) is 3.06. The van der Waals surface area contributed by atoms with Crippen LogP contribution >= 0.6 is 0 Å². The van der Waals surface area contributed by atoms with E-state index >= 15 is 0 Å². The molecule has 2 aromatic rings. The minimum Gasteiger partial charge on any atom is -0.496 e. The number of aryl methyl sites for hydroxylation is 1. The second-order valence-electron chi connectivity index (χ2n) is 8.90. The van der Waals surface area contributed by atoms with Crippen molar-refractivity contribution in [1.29, 1.82) is 0 Å². The summed E-state index contributed by atoms with van der Waals surface area (Å²) in [4.78, 5) is 15.2. The highest BCUT2D eigenvalue weighted by Gasteiger charge is 2.23. The van der Waals surface area contributed by atoms with Crippen molar-refractivity contribution >= 4 is 11.6 Å². The van der Waals surface area contributed by atoms with Gasteiger partial charge in [-0.2, -0.15) is 0 Å². The third kappa shape index (κ3) is 4.22. The van der Waals surface area contributed by atoms with Gasteiger partial charge in [0.1, 0.15) is 5.75 Å². The quantitative estimate of drug-likeness (QED) is 0.794. The minimum absolute atomic E-state index is 0.00196. The highest BCUT2D eigenvalue weighted by atomic mass is 16.5. The lowest BCUT2D eigenvalue weighted by atomic mass is 9.86. The van der Waals surface area contributed by atoms with E-state index in [4.69, 9.17) is 4.74 Å². The Balaban J connectivity index is 1.87. The zero-order valence-corrected chi connectivity index (χ0v) is 17.9. The van der Waals surface area contributed by atoms with Crippen LogP contribution < -0.4 is 10.1 Å². The van der Waals surface area contributed by atoms with Crippen LogP contribution in [0.2, 0.25) is 0 Å². The van der Waals surface area contributed by atoms with Gasteiger partial charge in [-0.25, -0.2) is 0 Å². The normalized spacial score (nSPS) is 16.6. The van der Waals surface area contributed by atoms with Gasteiger partial charge in [-0.05, 0) is 79.7 Å². The first-order chi connectivity index (χ1) is 13.2. The first-order valence-corrected chi connectivity index (χ1v) is 10.00. The molecular formula is C24H32N2O2. The summed E-state index contributed by atoms with van der Waals surface area (Å²) >= 11 is 0. The number of nitrogens with one attached hydrogen (secondary N) is 1. The number of hydrogen-bond donors (Lipinski definition) is 1. The van der Waals surface area contributed by atoms with Crippen LogP contribution in [0.15, 0.2) is 36.4 Å². The summed E-state index contributed by atoms with van der Waals surface area (Å²) in [6, 6.07) is 12.5. The molecule has 1 N–H and O–H groups in total. The number of ether oxygens (including phenoxy) is 1. The van der Waals surface area contributed by atoms with Gasteiger partial charge in [-0.15, -0.1) is 0 Å². The van der Waals surface area contributed by atoms with Crippen molar-refractivity contribution in [3.8, 4) is 5.75 Å². The van der Waals surface area contributed by atoms with Gasteiger partial charge in [-0.3, -0.25) is 4.79 Å². The Morgan fingerprint density at radius 2 is 1.89 bits per heavy atom. The van der Waals surface area contributed by atoms with Crippen molar-refractivity contribution in [1.82, 2.24) is 4.90 Å². The van der Waals surface area contributed by atoms with Crippen LogP contribution in [0, 0.1) is 0 Å². The van der Waals surface area contributed by atoms with Gasteiger partial charge < -0.3 is 15.0 Å². The number of nitrogens with zero attached hydrogens (tertiary/aromatic N) is 1. The Labute approximate surface area is 168 Å². The van der Waals surface area contributed by atoms with Crippen molar-refractivity contribution in [3.05, 3.63) is 58.7 Å². The van der Waals surface area contributed by atoms with Crippen molar-refractivity contribution < 1.29 is 9.53 Å². The predicted molar refractivity (Wildman–Crippen MR) is 115 cm³/mol. The van der Waals surface area contributed by atoms with Crippen molar-refractivity contribution in [2.75, 3.05) is 26.5 Å². The van der Waals surface area contributed by atoms with Crippen LogP contribution in [0.3, 0.4) is 0 Å². The molecule has 1 aliphatic carbocycles. The highest BCUT2D eigenvalue weighted by Crippen LogP contribution is 2.35. The van der Waals surface area contributed by atoms with Crippen molar-refractivity contribution in [2.24, 2.45) is 0 Å². The molecule has 4 heteroatoms. The number of methoxy groups -OCH3 is 1. The summed E-state index contributed by atoms with van der Waals surface area (Å²) in [6.45, 7) is 6.45. The Hall–Kier alpha value is -2.33. The molecule has 0 fully saturated rings. The maximum Gasteiger partial charge on any atom is 0.259 e. The molecule has 150 valence electrons. The summed E-state index contributed by atoms with van der Waals surface area (Å²) in [6.07, 6.45) is 3.47.